The summed E-state index contributed by atoms with van der Waals surface area (Å²) < 4.78 is 20.3. The fraction of sp³-hybridized carbons (Fsp3) is 0.0556. The van der Waals surface area contributed by atoms with Crippen molar-refractivity contribution in [3.63, 3.8) is 0 Å². The minimum absolute atomic E-state index is 0.145. The largest absolute Gasteiger partial charge is 0.417 e. The number of aromatic amines is 1. The molecule has 0 aliphatic rings. The van der Waals surface area contributed by atoms with Gasteiger partial charge in [-0.2, -0.15) is 5.10 Å². The van der Waals surface area contributed by atoms with Crippen LogP contribution in [0.4, 0.5) is 10.1 Å². The summed E-state index contributed by atoms with van der Waals surface area (Å²) in [6.45, 7) is 1.73. The lowest BCUT2D eigenvalue weighted by atomic mass is 10.2. The minimum atomic E-state index is -0.567. The molecule has 1 amide bonds. The van der Waals surface area contributed by atoms with E-state index in [0.717, 1.165) is 0 Å². The van der Waals surface area contributed by atoms with Crippen molar-refractivity contribution in [3.8, 4) is 5.69 Å². The van der Waals surface area contributed by atoms with E-state index in [-0.39, 0.29) is 11.4 Å². The number of para-hydroxylation sites is 1. The standard InChI is InChI=1S/C18H13FN4O3/c1-10-8-14(22-23(10)15-5-3-2-4-12(15)19)17(24)20-11-6-7-16-13(9-11)21-18(25)26-16/h2-9H,1H3,(H,20,24)(H,21,25). The monoisotopic (exact) mass is 352 g/mol. The lowest BCUT2D eigenvalue weighted by Gasteiger charge is -2.05. The zero-order valence-corrected chi connectivity index (χ0v) is 13.6. The van der Waals surface area contributed by atoms with Crippen LogP contribution in [0.5, 0.6) is 0 Å². The first kappa shape index (κ1) is 15.8. The van der Waals surface area contributed by atoms with Gasteiger partial charge in [0.1, 0.15) is 11.5 Å². The molecule has 0 aliphatic heterocycles. The summed E-state index contributed by atoms with van der Waals surface area (Å²) in [6.07, 6.45) is 0. The van der Waals surface area contributed by atoms with Crippen LogP contribution in [-0.2, 0) is 0 Å². The first-order chi connectivity index (χ1) is 12.5. The highest BCUT2D eigenvalue weighted by Gasteiger charge is 2.15. The molecule has 0 saturated carbocycles. The smallest absolute Gasteiger partial charge is 0.408 e. The van der Waals surface area contributed by atoms with Gasteiger partial charge in [-0.15, -0.1) is 0 Å². The van der Waals surface area contributed by atoms with E-state index in [9.17, 15) is 14.0 Å². The van der Waals surface area contributed by atoms with Crippen molar-refractivity contribution in [2.75, 3.05) is 5.32 Å². The highest BCUT2D eigenvalue weighted by atomic mass is 19.1. The molecule has 0 unspecified atom stereocenters. The normalized spacial score (nSPS) is 11.0. The predicted octanol–water partition coefficient (Wildman–Crippen LogP) is 3.01. The van der Waals surface area contributed by atoms with Gasteiger partial charge in [-0.05, 0) is 43.3 Å². The molecule has 0 atom stereocenters. The van der Waals surface area contributed by atoms with Crippen molar-refractivity contribution >= 4 is 22.7 Å². The number of anilines is 1. The molecule has 2 aromatic carbocycles. The Balaban J connectivity index is 1.63. The number of carbonyl (C=O) groups is 1. The number of carbonyl (C=O) groups excluding carboxylic acids is 1. The average molecular weight is 352 g/mol. The lowest BCUT2D eigenvalue weighted by Crippen LogP contribution is -2.13. The van der Waals surface area contributed by atoms with E-state index in [1.165, 1.54) is 10.7 Å². The van der Waals surface area contributed by atoms with Crippen molar-refractivity contribution in [1.82, 2.24) is 14.8 Å². The Morgan fingerprint density at radius 2 is 2.04 bits per heavy atom. The summed E-state index contributed by atoms with van der Waals surface area (Å²) in [6, 6.07) is 12.5. The second-order valence-corrected chi connectivity index (χ2v) is 5.71. The maximum atomic E-state index is 14.0. The van der Waals surface area contributed by atoms with Gasteiger partial charge in [0.05, 0.1) is 5.52 Å². The number of hydrogen-bond donors (Lipinski definition) is 2. The van der Waals surface area contributed by atoms with Gasteiger partial charge in [0.2, 0.25) is 0 Å². The number of halogens is 1. The van der Waals surface area contributed by atoms with E-state index >= 15 is 0 Å². The number of fused-ring (bicyclic) bond motifs is 1. The number of H-pyrrole nitrogens is 1. The maximum absolute atomic E-state index is 14.0. The number of nitrogens with one attached hydrogen (secondary N) is 2. The van der Waals surface area contributed by atoms with E-state index < -0.39 is 17.5 Å². The molecule has 0 spiro atoms. The molecule has 0 fully saturated rings. The first-order valence-corrected chi connectivity index (χ1v) is 7.77. The zero-order chi connectivity index (χ0) is 18.3. The Kier molecular flexibility index (Phi) is 3.65. The summed E-state index contributed by atoms with van der Waals surface area (Å²) in [4.78, 5) is 26.2. The average Bonchev–Trinajstić information content (AvgIpc) is 3.17. The van der Waals surface area contributed by atoms with E-state index in [1.807, 2.05) is 0 Å². The third-order valence-corrected chi connectivity index (χ3v) is 3.88. The SMILES string of the molecule is Cc1cc(C(=O)Nc2ccc3oc(=O)[nH]c3c2)nn1-c1ccccc1F. The van der Waals surface area contributed by atoms with Gasteiger partial charge in [0.15, 0.2) is 11.3 Å². The number of amides is 1. The molecule has 26 heavy (non-hydrogen) atoms. The van der Waals surface area contributed by atoms with E-state index in [4.69, 9.17) is 4.42 Å². The highest BCUT2D eigenvalue weighted by molar-refractivity contribution is 6.03. The second kappa shape index (κ2) is 5.99. The summed E-state index contributed by atoms with van der Waals surface area (Å²) in [5.74, 6) is -1.45. The zero-order valence-electron chi connectivity index (χ0n) is 13.6. The maximum Gasteiger partial charge on any atom is 0.417 e. The van der Waals surface area contributed by atoms with Gasteiger partial charge in [-0.3, -0.25) is 9.78 Å². The van der Waals surface area contributed by atoms with E-state index in [0.29, 0.717) is 22.5 Å². The van der Waals surface area contributed by atoms with Crippen LogP contribution in [0.2, 0.25) is 0 Å². The fourth-order valence-corrected chi connectivity index (χ4v) is 2.68. The summed E-state index contributed by atoms with van der Waals surface area (Å²) in [5, 5.41) is 6.89. The van der Waals surface area contributed by atoms with Crippen LogP contribution >= 0.6 is 0 Å². The van der Waals surface area contributed by atoms with Crippen molar-refractivity contribution < 1.29 is 13.6 Å². The number of aromatic nitrogens is 3. The highest BCUT2D eigenvalue weighted by Crippen LogP contribution is 2.19. The van der Waals surface area contributed by atoms with Gasteiger partial charge < -0.3 is 9.73 Å². The summed E-state index contributed by atoms with van der Waals surface area (Å²) >= 11 is 0. The minimum Gasteiger partial charge on any atom is -0.408 e. The molecule has 0 aliphatic carbocycles. The molecule has 2 N–H and O–H groups in total. The van der Waals surface area contributed by atoms with Gasteiger partial charge >= 0.3 is 5.76 Å². The topological polar surface area (TPSA) is 92.9 Å². The van der Waals surface area contributed by atoms with Crippen LogP contribution in [0.15, 0.2) is 57.7 Å². The molecular formula is C18H13FN4O3. The first-order valence-electron chi connectivity index (χ1n) is 7.77. The van der Waals surface area contributed by atoms with Crippen LogP contribution in [0.3, 0.4) is 0 Å². The number of benzene rings is 2. The number of hydrogen-bond acceptors (Lipinski definition) is 4. The molecule has 8 heteroatoms. The third-order valence-electron chi connectivity index (χ3n) is 3.88. The quantitative estimate of drug-likeness (QED) is 0.593. The summed E-state index contributed by atoms with van der Waals surface area (Å²) in [7, 11) is 0. The molecule has 7 nitrogen and oxygen atoms in total. The fourth-order valence-electron chi connectivity index (χ4n) is 2.68. The summed E-state index contributed by atoms with van der Waals surface area (Å²) in [5.41, 5.74) is 2.37. The Labute approximate surface area is 146 Å². The van der Waals surface area contributed by atoms with Crippen molar-refractivity contribution in [2.24, 2.45) is 0 Å². The Bertz CT molecular complexity index is 1190. The molecule has 130 valence electrons. The molecule has 2 aromatic heterocycles. The molecule has 4 rings (SSSR count). The Morgan fingerprint density at radius 1 is 1.23 bits per heavy atom. The number of oxazole rings is 1. The van der Waals surface area contributed by atoms with Crippen molar-refractivity contribution in [3.05, 3.63) is 76.3 Å². The molecule has 0 bridgehead atoms. The molecular weight excluding hydrogens is 339 g/mol. The lowest BCUT2D eigenvalue weighted by molar-refractivity contribution is 0.102. The molecule has 0 saturated heterocycles. The second-order valence-electron chi connectivity index (χ2n) is 5.71. The number of aryl methyl sites for hydroxylation is 1. The van der Waals surface area contributed by atoms with E-state index in [1.54, 1.807) is 49.4 Å². The molecule has 0 radical (unpaired) electrons. The molecule has 2 heterocycles. The number of nitrogens with zero attached hydrogens (tertiary/aromatic N) is 2. The van der Waals surface area contributed by atoms with Crippen LogP contribution < -0.4 is 11.1 Å². The van der Waals surface area contributed by atoms with Gasteiger partial charge in [0, 0.05) is 11.4 Å². The van der Waals surface area contributed by atoms with Gasteiger partial charge in [0.25, 0.3) is 5.91 Å². The van der Waals surface area contributed by atoms with Crippen LogP contribution in [0.25, 0.3) is 16.8 Å². The van der Waals surface area contributed by atoms with Crippen LogP contribution in [-0.4, -0.2) is 20.7 Å². The van der Waals surface area contributed by atoms with E-state index in [2.05, 4.69) is 15.4 Å². The van der Waals surface area contributed by atoms with Crippen LogP contribution in [0, 0.1) is 12.7 Å². The van der Waals surface area contributed by atoms with Gasteiger partial charge in [-0.1, -0.05) is 12.1 Å². The third kappa shape index (κ3) is 2.77. The van der Waals surface area contributed by atoms with Crippen molar-refractivity contribution in [2.45, 2.75) is 6.92 Å². The van der Waals surface area contributed by atoms with Gasteiger partial charge in [-0.25, -0.2) is 13.9 Å². The van der Waals surface area contributed by atoms with Crippen LogP contribution in [0.1, 0.15) is 16.2 Å². The molecule has 4 aromatic rings. The number of rotatable bonds is 3. The Hall–Kier alpha value is -3.68. The predicted molar refractivity (Wildman–Crippen MR) is 93.0 cm³/mol. The Morgan fingerprint density at radius 3 is 2.85 bits per heavy atom. The van der Waals surface area contributed by atoms with Crippen molar-refractivity contribution in [1.29, 1.82) is 0 Å².